The first-order valence-electron chi connectivity index (χ1n) is 4.12. The van der Waals surface area contributed by atoms with Crippen molar-refractivity contribution < 1.29 is 9.53 Å². The lowest BCUT2D eigenvalue weighted by atomic mass is 10.2. The van der Waals surface area contributed by atoms with E-state index in [0.717, 1.165) is 17.2 Å². The van der Waals surface area contributed by atoms with Crippen LogP contribution in [0.4, 0.5) is 0 Å². The summed E-state index contributed by atoms with van der Waals surface area (Å²) >= 11 is 3.38. The van der Waals surface area contributed by atoms with E-state index in [0.29, 0.717) is 5.75 Å². The molecule has 1 aromatic rings. The minimum Gasteiger partial charge on any atom is -0.485 e. The molecule has 0 radical (unpaired) electrons. The fourth-order valence-corrected chi connectivity index (χ4v) is 1.55. The number of ether oxygens (including phenoxy) is 1. The highest BCUT2D eigenvalue weighted by Gasteiger charge is 2.00. The van der Waals surface area contributed by atoms with Crippen LogP contribution in [-0.2, 0) is 11.2 Å². The maximum atomic E-state index is 10.1. The first-order chi connectivity index (χ1) is 6.27. The molecule has 0 atom stereocenters. The summed E-state index contributed by atoms with van der Waals surface area (Å²) in [6, 6.07) is 5.86. The van der Waals surface area contributed by atoms with Gasteiger partial charge in [-0.25, -0.2) is 0 Å². The summed E-state index contributed by atoms with van der Waals surface area (Å²) in [5.74, 6) is 0.712. The molecule has 13 heavy (non-hydrogen) atoms. The Hall–Kier alpha value is -0.830. The van der Waals surface area contributed by atoms with Gasteiger partial charge in [0.05, 0.1) is 4.47 Å². The molecule has 1 aromatic carbocycles. The molecule has 0 fully saturated rings. The van der Waals surface area contributed by atoms with Crippen molar-refractivity contribution in [2.45, 2.75) is 13.3 Å². The van der Waals surface area contributed by atoms with Crippen LogP contribution in [0.1, 0.15) is 12.5 Å². The summed E-state index contributed by atoms with van der Waals surface area (Å²) in [4.78, 5) is 10.1. The van der Waals surface area contributed by atoms with Gasteiger partial charge in [0, 0.05) is 0 Å². The molecule has 0 aromatic heterocycles. The number of carbonyl (C=O) groups is 1. The van der Waals surface area contributed by atoms with Crippen molar-refractivity contribution in [3.63, 3.8) is 0 Å². The van der Waals surface area contributed by atoms with Gasteiger partial charge in [0.2, 0.25) is 0 Å². The average Bonchev–Trinajstić information content (AvgIpc) is 2.16. The molecule has 0 aliphatic rings. The Morgan fingerprint density at radius 1 is 1.54 bits per heavy atom. The largest absolute Gasteiger partial charge is 0.485 e. The smallest absolute Gasteiger partial charge is 0.157 e. The molecular formula is C10H11BrO2. The third-order valence-corrected chi connectivity index (χ3v) is 2.33. The topological polar surface area (TPSA) is 26.3 Å². The number of aryl methyl sites for hydroxylation is 1. The minimum absolute atomic E-state index is 0.101. The van der Waals surface area contributed by atoms with Gasteiger partial charge >= 0.3 is 0 Å². The molecule has 3 heteroatoms. The molecular weight excluding hydrogens is 232 g/mol. The van der Waals surface area contributed by atoms with Crippen molar-refractivity contribution >= 4 is 22.2 Å². The summed E-state index contributed by atoms with van der Waals surface area (Å²) in [5.41, 5.74) is 1.24. The van der Waals surface area contributed by atoms with Crippen LogP contribution in [-0.4, -0.2) is 12.9 Å². The zero-order valence-corrected chi connectivity index (χ0v) is 9.00. The van der Waals surface area contributed by atoms with Crippen molar-refractivity contribution in [1.29, 1.82) is 0 Å². The lowest BCUT2D eigenvalue weighted by Gasteiger charge is -2.05. The Balaban J connectivity index is 2.78. The van der Waals surface area contributed by atoms with E-state index < -0.39 is 0 Å². The number of halogens is 1. The number of rotatable bonds is 4. The van der Waals surface area contributed by atoms with Gasteiger partial charge in [-0.1, -0.05) is 13.0 Å². The molecule has 0 spiro atoms. The van der Waals surface area contributed by atoms with Crippen LogP contribution in [0.15, 0.2) is 22.7 Å². The Morgan fingerprint density at radius 3 is 2.85 bits per heavy atom. The van der Waals surface area contributed by atoms with E-state index in [2.05, 4.69) is 22.9 Å². The van der Waals surface area contributed by atoms with Crippen molar-refractivity contribution in [2.24, 2.45) is 0 Å². The summed E-state index contributed by atoms with van der Waals surface area (Å²) < 4.78 is 6.07. The third kappa shape index (κ3) is 2.84. The predicted molar refractivity (Wildman–Crippen MR) is 55.1 cm³/mol. The molecule has 0 saturated heterocycles. The van der Waals surface area contributed by atoms with Gasteiger partial charge in [-0.3, -0.25) is 4.79 Å². The molecule has 0 saturated carbocycles. The van der Waals surface area contributed by atoms with Crippen molar-refractivity contribution in [3.8, 4) is 5.75 Å². The monoisotopic (exact) mass is 242 g/mol. The Morgan fingerprint density at radius 2 is 2.31 bits per heavy atom. The standard InChI is InChI=1S/C10H11BrO2/c1-2-8-3-4-10(9(11)7-8)13-6-5-12/h3-5,7H,2,6H2,1H3. The number of hydrogen-bond donors (Lipinski definition) is 0. The zero-order valence-electron chi connectivity index (χ0n) is 7.42. The number of aldehydes is 1. The Bertz CT molecular complexity index is 297. The quantitative estimate of drug-likeness (QED) is 0.759. The molecule has 0 heterocycles. The summed E-state index contributed by atoms with van der Waals surface area (Å²) in [6.07, 6.45) is 1.73. The molecule has 2 nitrogen and oxygen atoms in total. The molecule has 0 N–H and O–H groups in total. The summed E-state index contributed by atoms with van der Waals surface area (Å²) in [7, 11) is 0. The fraction of sp³-hybridized carbons (Fsp3) is 0.300. The van der Waals surface area contributed by atoms with Gasteiger partial charge in [0.1, 0.15) is 12.4 Å². The molecule has 0 unspecified atom stereocenters. The van der Waals surface area contributed by atoms with Gasteiger partial charge in [-0.15, -0.1) is 0 Å². The van der Waals surface area contributed by atoms with Crippen LogP contribution in [0.2, 0.25) is 0 Å². The van der Waals surface area contributed by atoms with Gasteiger partial charge < -0.3 is 4.74 Å². The van der Waals surface area contributed by atoms with Crippen molar-refractivity contribution in [2.75, 3.05) is 6.61 Å². The van der Waals surface area contributed by atoms with Gasteiger partial charge in [-0.2, -0.15) is 0 Å². The lowest BCUT2D eigenvalue weighted by Crippen LogP contribution is -1.98. The van der Waals surface area contributed by atoms with E-state index in [1.807, 2.05) is 18.2 Å². The maximum absolute atomic E-state index is 10.1. The molecule has 0 aliphatic heterocycles. The highest BCUT2D eigenvalue weighted by atomic mass is 79.9. The summed E-state index contributed by atoms with van der Waals surface area (Å²) in [5, 5.41) is 0. The van der Waals surface area contributed by atoms with Gasteiger partial charge in [0.25, 0.3) is 0 Å². The SMILES string of the molecule is CCc1ccc(OCC=O)c(Br)c1. The Kier molecular flexibility index (Phi) is 3.96. The van der Waals surface area contributed by atoms with Gasteiger partial charge in [0.15, 0.2) is 6.29 Å². The lowest BCUT2D eigenvalue weighted by molar-refractivity contribution is -0.109. The highest BCUT2D eigenvalue weighted by molar-refractivity contribution is 9.10. The van der Waals surface area contributed by atoms with Gasteiger partial charge in [-0.05, 0) is 40.0 Å². The maximum Gasteiger partial charge on any atom is 0.157 e. The molecule has 0 bridgehead atoms. The summed E-state index contributed by atoms with van der Waals surface area (Å²) in [6.45, 7) is 2.19. The highest BCUT2D eigenvalue weighted by Crippen LogP contribution is 2.25. The molecule has 70 valence electrons. The van der Waals surface area contributed by atoms with Crippen LogP contribution < -0.4 is 4.74 Å². The zero-order chi connectivity index (χ0) is 9.68. The minimum atomic E-state index is 0.101. The second-order valence-electron chi connectivity index (χ2n) is 2.60. The van der Waals surface area contributed by atoms with Crippen molar-refractivity contribution in [3.05, 3.63) is 28.2 Å². The molecule has 1 rings (SSSR count). The fourth-order valence-electron chi connectivity index (χ4n) is 1.01. The average molecular weight is 243 g/mol. The second-order valence-corrected chi connectivity index (χ2v) is 3.45. The molecule has 0 amide bonds. The normalized spacial score (nSPS) is 9.69. The predicted octanol–water partition coefficient (Wildman–Crippen LogP) is 2.59. The third-order valence-electron chi connectivity index (χ3n) is 1.71. The van der Waals surface area contributed by atoms with Crippen LogP contribution in [0.5, 0.6) is 5.75 Å². The van der Waals surface area contributed by atoms with E-state index in [1.54, 1.807) is 0 Å². The van der Waals surface area contributed by atoms with E-state index in [-0.39, 0.29) is 6.61 Å². The van der Waals surface area contributed by atoms with Crippen LogP contribution >= 0.6 is 15.9 Å². The van der Waals surface area contributed by atoms with Crippen molar-refractivity contribution in [1.82, 2.24) is 0 Å². The van der Waals surface area contributed by atoms with Crippen LogP contribution in [0.25, 0.3) is 0 Å². The number of hydrogen-bond acceptors (Lipinski definition) is 2. The number of carbonyl (C=O) groups excluding carboxylic acids is 1. The van der Waals surface area contributed by atoms with E-state index in [1.165, 1.54) is 5.56 Å². The van der Waals surface area contributed by atoms with E-state index in [4.69, 9.17) is 4.74 Å². The van der Waals surface area contributed by atoms with Crippen LogP contribution in [0, 0.1) is 0 Å². The molecule has 0 aliphatic carbocycles. The Labute approximate surface area is 86.0 Å². The van der Waals surface area contributed by atoms with Crippen LogP contribution in [0.3, 0.4) is 0 Å². The first kappa shape index (κ1) is 10.3. The van der Waals surface area contributed by atoms with E-state index in [9.17, 15) is 4.79 Å². The first-order valence-corrected chi connectivity index (χ1v) is 4.92. The number of benzene rings is 1. The van der Waals surface area contributed by atoms with E-state index >= 15 is 0 Å². The second kappa shape index (κ2) is 5.02.